The molecule has 2 N–H and O–H groups in total. The van der Waals surface area contributed by atoms with E-state index in [0.717, 1.165) is 28.9 Å². The van der Waals surface area contributed by atoms with Crippen LogP contribution in [0.15, 0.2) is 59.8 Å². The zero-order valence-electron chi connectivity index (χ0n) is 18.4. The molecule has 6 heteroatoms. The fraction of sp³-hybridized carbons (Fsp3) is 0.375. The molecule has 3 rings (SSSR count). The summed E-state index contributed by atoms with van der Waals surface area (Å²) in [6.07, 6.45) is 4.70. The zero-order valence-corrected chi connectivity index (χ0v) is 19.2. The van der Waals surface area contributed by atoms with Crippen LogP contribution < -0.4 is 5.14 Å². The minimum Gasteiger partial charge on any atom is -0.330 e. The van der Waals surface area contributed by atoms with Gasteiger partial charge in [-0.1, -0.05) is 65.0 Å². The quantitative estimate of drug-likeness (QED) is 0.619. The van der Waals surface area contributed by atoms with Crippen LogP contribution >= 0.6 is 0 Å². The molecule has 5 nitrogen and oxygen atoms in total. The van der Waals surface area contributed by atoms with E-state index in [2.05, 4.69) is 44.2 Å². The molecule has 2 aromatic carbocycles. The predicted octanol–water partition coefficient (Wildman–Crippen LogP) is 4.74. The van der Waals surface area contributed by atoms with Crippen molar-refractivity contribution in [3.8, 4) is 11.1 Å². The van der Waals surface area contributed by atoms with Crippen molar-refractivity contribution in [3.63, 3.8) is 0 Å². The monoisotopic (exact) mass is 425 g/mol. The summed E-state index contributed by atoms with van der Waals surface area (Å²) in [7, 11) is -3.81. The molecular weight excluding hydrogens is 394 g/mol. The second-order valence-corrected chi connectivity index (χ2v) is 10.8. The fourth-order valence-electron chi connectivity index (χ4n) is 3.72. The Labute approximate surface area is 180 Å². The van der Waals surface area contributed by atoms with Crippen molar-refractivity contribution in [2.45, 2.75) is 57.9 Å². The number of hydrogen-bond donors (Lipinski definition) is 1. The maximum absolute atomic E-state index is 12.1. The molecule has 0 aliphatic heterocycles. The molecule has 0 fully saturated rings. The maximum atomic E-state index is 12.1. The first-order valence-electron chi connectivity index (χ1n) is 10.2. The highest BCUT2D eigenvalue weighted by atomic mass is 32.2. The SMILES string of the molecule is CC(C)Cc1ccc(S(N)(=O)=O)c(-c2ccc(Cn3ccnc3C(C)(C)C)cc2)c1. The molecule has 30 heavy (non-hydrogen) atoms. The third kappa shape index (κ3) is 5.18. The molecule has 0 aliphatic rings. The van der Waals surface area contributed by atoms with E-state index in [9.17, 15) is 8.42 Å². The number of rotatable bonds is 6. The van der Waals surface area contributed by atoms with Crippen LogP contribution in [0.2, 0.25) is 0 Å². The Bertz CT molecular complexity index is 1120. The molecule has 0 atom stereocenters. The van der Waals surface area contributed by atoms with Crippen LogP contribution in [0.4, 0.5) is 0 Å². The Morgan fingerprint density at radius 2 is 1.67 bits per heavy atom. The highest BCUT2D eigenvalue weighted by Crippen LogP contribution is 2.29. The molecule has 0 bridgehead atoms. The standard InChI is InChI=1S/C24H31N3O2S/c1-17(2)14-19-8-11-22(30(25,28)29)21(15-19)20-9-6-18(7-10-20)16-27-13-12-26-23(27)24(3,4)5/h6-13,15,17H,14,16H2,1-5H3,(H2,25,28,29). The third-order valence-electron chi connectivity index (χ3n) is 5.00. The van der Waals surface area contributed by atoms with Gasteiger partial charge < -0.3 is 4.57 Å². The van der Waals surface area contributed by atoms with E-state index < -0.39 is 10.0 Å². The van der Waals surface area contributed by atoms with Crippen LogP contribution in [0.3, 0.4) is 0 Å². The Kier molecular flexibility index (Phi) is 6.20. The van der Waals surface area contributed by atoms with Crippen LogP contribution in [-0.4, -0.2) is 18.0 Å². The van der Waals surface area contributed by atoms with Crippen molar-refractivity contribution < 1.29 is 8.42 Å². The van der Waals surface area contributed by atoms with E-state index >= 15 is 0 Å². The zero-order chi connectivity index (χ0) is 22.1. The van der Waals surface area contributed by atoms with Crippen LogP contribution in [0.5, 0.6) is 0 Å². The lowest BCUT2D eigenvalue weighted by Crippen LogP contribution is -2.19. The molecule has 0 aliphatic carbocycles. The lowest BCUT2D eigenvalue weighted by Gasteiger charge is -2.20. The number of primary sulfonamides is 1. The van der Waals surface area contributed by atoms with Crippen molar-refractivity contribution in [2.24, 2.45) is 11.1 Å². The normalized spacial score (nSPS) is 12.5. The largest absolute Gasteiger partial charge is 0.330 e. The van der Waals surface area contributed by atoms with E-state index in [0.29, 0.717) is 18.0 Å². The van der Waals surface area contributed by atoms with E-state index in [-0.39, 0.29) is 10.3 Å². The van der Waals surface area contributed by atoms with Gasteiger partial charge in [-0.3, -0.25) is 0 Å². The lowest BCUT2D eigenvalue weighted by molar-refractivity contribution is 0.511. The second kappa shape index (κ2) is 8.36. The summed E-state index contributed by atoms with van der Waals surface area (Å²) in [5, 5.41) is 5.49. The van der Waals surface area contributed by atoms with Gasteiger partial charge in [-0.05, 0) is 41.2 Å². The van der Waals surface area contributed by atoms with Gasteiger partial charge in [-0.2, -0.15) is 0 Å². The fourth-order valence-corrected chi connectivity index (χ4v) is 4.46. The lowest BCUT2D eigenvalue weighted by atomic mass is 9.95. The molecule has 0 spiro atoms. The number of nitrogens with zero attached hydrogens (tertiary/aromatic N) is 2. The first kappa shape index (κ1) is 22.2. The summed E-state index contributed by atoms with van der Waals surface area (Å²) in [6, 6.07) is 13.4. The van der Waals surface area contributed by atoms with Gasteiger partial charge in [0.25, 0.3) is 0 Å². The molecule has 0 saturated carbocycles. The summed E-state index contributed by atoms with van der Waals surface area (Å²) in [4.78, 5) is 4.66. The number of hydrogen-bond acceptors (Lipinski definition) is 3. The van der Waals surface area contributed by atoms with Gasteiger partial charge in [0, 0.05) is 29.9 Å². The Balaban J connectivity index is 1.95. The molecule has 0 unspecified atom stereocenters. The van der Waals surface area contributed by atoms with Crippen molar-refractivity contribution in [3.05, 3.63) is 71.8 Å². The highest BCUT2D eigenvalue weighted by Gasteiger charge is 2.20. The van der Waals surface area contributed by atoms with Gasteiger partial charge in [-0.25, -0.2) is 18.5 Å². The predicted molar refractivity (Wildman–Crippen MR) is 122 cm³/mol. The minimum atomic E-state index is -3.81. The summed E-state index contributed by atoms with van der Waals surface area (Å²) in [5.74, 6) is 1.51. The molecule has 1 aromatic heterocycles. The van der Waals surface area contributed by atoms with Crippen molar-refractivity contribution in [1.82, 2.24) is 9.55 Å². The molecule has 0 radical (unpaired) electrons. The molecule has 0 amide bonds. The summed E-state index contributed by atoms with van der Waals surface area (Å²) in [6.45, 7) is 11.4. The summed E-state index contributed by atoms with van der Waals surface area (Å²) >= 11 is 0. The Morgan fingerprint density at radius 3 is 2.23 bits per heavy atom. The van der Waals surface area contributed by atoms with Crippen LogP contribution in [0.1, 0.15) is 51.6 Å². The van der Waals surface area contributed by atoms with Gasteiger partial charge in [0.15, 0.2) is 0 Å². The minimum absolute atomic E-state index is 0.0370. The van der Waals surface area contributed by atoms with Crippen molar-refractivity contribution >= 4 is 10.0 Å². The second-order valence-electron chi connectivity index (χ2n) is 9.30. The van der Waals surface area contributed by atoms with E-state index in [1.807, 2.05) is 48.8 Å². The van der Waals surface area contributed by atoms with Gasteiger partial charge >= 0.3 is 0 Å². The third-order valence-corrected chi connectivity index (χ3v) is 5.97. The van der Waals surface area contributed by atoms with E-state index in [4.69, 9.17) is 5.14 Å². The van der Waals surface area contributed by atoms with Crippen molar-refractivity contribution in [2.75, 3.05) is 0 Å². The van der Waals surface area contributed by atoms with E-state index in [1.54, 1.807) is 6.07 Å². The van der Waals surface area contributed by atoms with Gasteiger partial charge in [0.1, 0.15) is 5.82 Å². The first-order chi connectivity index (χ1) is 13.9. The van der Waals surface area contributed by atoms with Crippen molar-refractivity contribution in [1.29, 1.82) is 0 Å². The average Bonchev–Trinajstić information content (AvgIpc) is 3.09. The molecule has 3 aromatic rings. The number of imidazole rings is 1. The Morgan fingerprint density at radius 1 is 1.03 bits per heavy atom. The number of nitrogens with two attached hydrogens (primary N) is 1. The van der Waals surface area contributed by atoms with Crippen LogP contribution in [0, 0.1) is 5.92 Å². The number of sulfonamides is 1. The maximum Gasteiger partial charge on any atom is 0.238 e. The van der Waals surface area contributed by atoms with Crippen LogP contribution in [-0.2, 0) is 28.4 Å². The number of benzene rings is 2. The van der Waals surface area contributed by atoms with Gasteiger partial charge in [-0.15, -0.1) is 0 Å². The molecular formula is C24H31N3O2S. The smallest absolute Gasteiger partial charge is 0.238 e. The van der Waals surface area contributed by atoms with Gasteiger partial charge in [0.05, 0.1) is 4.90 Å². The molecule has 0 saturated heterocycles. The summed E-state index contributed by atoms with van der Waals surface area (Å²) < 4.78 is 26.4. The van der Waals surface area contributed by atoms with E-state index in [1.165, 1.54) is 0 Å². The van der Waals surface area contributed by atoms with Crippen LogP contribution in [0.25, 0.3) is 11.1 Å². The molecule has 160 valence electrons. The van der Waals surface area contributed by atoms with Gasteiger partial charge in [0.2, 0.25) is 10.0 Å². The topological polar surface area (TPSA) is 78.0 Å². The average molecular weight is 426 g/mol. The first-order valence-corrected chi connectivity index (χ1v) is 11.8. The molecule has 1 heterocycles. The number of aromatic nitrogens is 2. The highest BCUT2D eigenvalue weighted by molar-refractivity contribution is 7.89. The Hall–Kier alpha value is -2.44. The summed E-state index contributed by atoms with van der Waals surface area (Å²) in [5.41, 5.74) is 3.68.